The van der Waals surface area contributed by atoms with Crippen molar-refractivity contribution in [3.8, 4) is 0 Å². The van der Waals surface area contributed by atoms with Crippen LogP contribution in [0.15, 0.2) is 24.5 Å². The van der Waals surface area contributed by atoms with Crippen LogP contribution in [-0.2, 0) is 6.54 Å². The van der Waals surface area contributed by atoms with Crippen LogP contribution in [0.5, 0.6) is 0 Å². The summed E-state index contributed by atoms with van der Waals surface area (Å²) in [5, 5.41) is 3.67. The zero-order chi connectivity index (χ0) is 10.6. The lowest BCUT2D eigenvalue weighted by Crippen LogP contribution is -2.43. The number of nitrogens with one attached hydrogen (secondary N) is 1. The van der Waals surface area contributed by atoms with E-state index in [1.807, 2.05) is 18.5 Å². The standard InChI is InChI=1S/C13H20N2/c1-13(7-3-2-4-8-13)15-11-12-6-5-9-14-10-12/h5-6,9-10,15H,2-4,7-8,11H2,1H3. The Bertz CT molecular complexity index is 289. The van der Waals surface area contributed by atoms with Gasteiger partial charge in [-0.3, -0.25) is 4.98 Å². The summed E-state index contributed by atoms with van der Waals surface area (Å²) in [5.41, 5.74) is 1.64. The maximum Gasteiger partial charge on any atom is 0.0312 e. The monoisotopic (exact) mass is 204 g/mol. The molecular formula is C13H20N2. The van der Waals surface area contributed by atoms with E-state index >= 15 is 0 Å². The Morgan fingerprint density at radius 2 is 2.13 bits per heavy atom. The molecule has 0 aromatic carbocycles. The van der Waals surface area contributed by atoms with Crippen LogP contribution >= 0.6 is 0 Å². The Morgan fingerprint density at radius 1 is 1.33 bits per heavy atom. The van der Waals surface area contributed by atoms with Crippen LogP contribution in [0.1, 0.15) is 44.6 Å². The van der Waals surface area contributed by atoms with E-state index in [9.17, 15) is 0 Å². The molecule has 0 saturated heterocycles. The molecule has 1 heterocycles. The first kappa shape index (κ1) is 10.6. The zero-order valence-corrected chi connectivity index (χ0v) is 9.50. The predicted octanol–water partition coefficient (Wildman–Crippen LogP) is 2.89. The summed E-state index contributed by atoms with van der Waals surface area (Å²) in [7, 11) is 0. The highest BCUT2D eigenvalue weighted by atomic mass is 15.0. The summed E-state index contributed by atoms with van der Waals surface area (Å²) in [5.74, 6) is 0. The van der Waals surface area contributed by atoms with Crippen LogP contribution in [0.3, 0.4) is 0 Å². The highest BCUT2D eigenvalue weighted by Crippen LogP contribution is 2.27. The van der Waals surface area contributed by atoms with Gasteiger partial charge in [-0.05, 0) is 31.4 Å². The van der Waals surface area contributed by atoms with E-state index in [0.29, 0.717) is 5.54 Å². The molecule has 1 aliphatic rings. The molecule has 2 nitrogen and oxygen atoms in total. The van der Waals surface area contributed by atoms with Crippen molar-refractivity contribution in [1.82, 2.24) is 10.3 Å². The van der Waals surface area contributed by atoms with Crippen LogP contribution < -0.4 is 5.32 Å². The normalized spacial score (nSPS) is 20.1. The van der Waals surface area contributed by atoms with Gasteiger partial charge in [-0.1, -0.05) is 25.3 Å². The first-order valence-corrected chi connectivity index (χ1v) is 5.92. The zero-order valence-electron chi connectivity index (χ0n) is 9.50. The van der Waals surface area contributed by atoms with Gasteiger partial charge in [0.15, 0.2) is 0 Å². The second-order valence-corrected chi connectivity index (χ2v) is 4.84. The predicted molar refractivity (Wildman–Crippen MR) is 62.6 cm³/mol. The summed E-state index contributed by atoms with van der Waals surface area (Å²) in [4.78, 5) is 4.13. The highest BCUT2D eigenvalue weighted by Gasteiger charge is 2.25. The van der Waals surface area contributed by atoms with Crippen molar-refractivity contribution in [2.24, 2.45) is 0 Å². The SMILES string of the molecule is CC1(NCc2cccnc2)CCCCC1. The van der Waals surface area contributed by atoms with Crippen LogP contribution in [0.25, 0.3) is 0 Å². The maximum absolute atomic E-state index is 4.13. The van der Waals surface area contributed by atoms with Gasteiger partial charge in [0, 0.05) is 24.5 Å². The van der Waals surface area contributed by atoms with Gasteiger partial charge in [0.2, 0.25) is 0 Å². The van der Waals surface area contributed by atoms with E-state index in [2.05, 4.69) is 23.3 Å². The second kappa shape index (κ2) is 4.75. The van der Waals surface area contributed by atoms with Crippen LogP contribution in [-0.4, -0.2) is 10.5 Å². The molecule has 0 aliphatic heterocycles. The van der Waals surface area contributed by atoms with Crippen LogP contribution in [0.2, 0.25) is 0 Å². The van der Waals surface area contributed by atoms with Gasteiger partial charge in [-0.25, -0.2) is 0 Å². The summed E-state index contributed by atoms with van der Waals surface area (Å²) < 4.78 is 0. The third-order valence-corrected chi connectivity index (χ3v) is 3.40. The van der Waals surface area contributed by atoms with Gasteiger partial charge in [-0.15, -0.1) is 0 Å². The molecule has 1 aromatic heterocycles. The molecule has 0 unspecified atom stereocenters. The molecule has 0 bridgehead atoms. The summed E-state index contributed by atoms with van der Waals surface area (Å²) in [6.07, 6.45) is 10.5. The van der Waals surface area contributed by atoms with Gasteiger partial charge in [0.25, 0.3) is 0 Å². The molecule has 1 fully saturated rings. The molecule has 1 N–H and O–H groups in total. The lowest BCUT2D eigenvalue weighted by atomic mass is 9.83. The molecule has 0 amide bonds. The Labute approximate surface area is 92.1 Å². The average molecular weight is 204 g/mol. The maximum atomic E-state index is 4.13. The average Bonchev–Trinajstić information content (AvgIpc) is 2.29. The molecule has 2 heteroatoms. The molecular weight excluding hydrogens is 184 g/mol. The van der Waals surface area contributed by atoms with Crippen molar-refractivity contribution in [2.45, 2.75) is 51.1 Å². The fourth-order valence-electron chi connectivity index (χ4n) is 2.33. The van der Waals surface area contributed by atoms with Crippen LogP contribution in [0, 0.1) is 0 Å². The largest absolute Gasteiger partial charge is 0.307 e. The fourth-order valence-corrected chi connectivity index (χ4v) is 2.33. The van der Waals surface area contributed by atoms with Crippen molar-refractivity contribution in [1.29, 1.82) is 0 Å². The Morgan fingerprint density at radius 3 is 2.80 bits per heavy atom. The van der Waals surface area contributed by atoms with Crippen molar-refractivity contribution >= 4 is 0 Å². The number of aromatic nitrogens is 1. The third-order valence-electron chi connectivity index (χ3n) is 3.40. The van der Waals surface area contributed by atoms with Gasteiger partial charge >= 0.3 is 0 Å². The molecule has 0 atom stereocenters. The fraction of sp³-hybridized carbons (Fsp3) is 0.615. The minimum Gasteiger partial charge on any atom is -0.307 e. The van der Waals surface area contributed by atoms with Gasteiger partial charge in [-0.2, -0.15) is 0 Å². The van der Waals surface area contributed by atoms with Gasteiger partial charge < -0.3 is 5.32 Å². The smallest absolute Gasteiger partial charge is 0.0312 e. The molecule has 1 saturated carbocycles. The lowest BCUT2D eigenvalue weighted by molar-refractivity contribution is 0.252. The summed E-state index contributed by atoms with van der Waals surface area (Å²) >= 11 is 0. The third kappa shape index (κ3) is 3.03. The summed E-state index contributed by atoms with van der Waals surface area (Å²) in [6.45, 7) is 3.30. The molecule has 82 valence electrons. The molecule has 0 radical (unpaired) electrons. The molecule has 1 aliphatic carbocycles. The Hall–Kier alpha value is -0.890. The van der Waals surface area contributed by atoms with Crippen molar-refractivity contribution in [3.05, 3.63) is 30.1 Å². The molecule has 15 heavy (non-hydrogen) atoms. The van der Waals surface area contributed by atoms with Crippen molar-refractivity contribution < 1.29 is 0 Å². The molecule has 2 rings (SSSR count). The van der Waals surface area contributed by atoms with E-state index in [-0.39, 0.29) is 0 Å². The van der Waals surface area contributed by atoms with E-state index in [1.54, 1.807) is 0 Å². The minimum absolute atomic E-state index is 0.355. The molecule has 0 spiro atoms. The van der Waals surface area contributed by atoms with Crippen molar-refractivity contribution in [2.75, 3.05) is 0 Å². The second-order valence-electron chi connectivity index (χ2n) is 4.84. The highest BCUT2D eigenvalue weighted by molar-refractivity contribution is 5.08. The lowest BCUT2D eigenvalue weighted by Gasteiger charge is -2.34. The number of pyridine rings is 1. The van der Waals surface area contributed by atoms with Crippen molar-refractivity contribution in [3.63, 3.8) is 0 Å². The number of hydrogen-bond acceptors (Lipinski definition) is 2. The Balaban J connectivity index is 1.87. The topological polar surface area (TPSA) is 24.9 Å². The quantitative estimate of drug-likeness (QED) is 0.819. The van der Waals surface area contributed by atoms with E-state index in [0.717, 1.165) is 6.54 Å². The van der Waals surface area contributed by atoms with Gasteiger partial charge in [0.1, 0.15) is 0 Å². The van der Waals surface area contributed by atoms with E-state index in [1.165, 1.54) is 37.7 Å². The number of nitrogens with zero attached hydrogens (tertiary/aromatic N) is 1. The van der Waals surface area contributed by atoms with E-state index < -0.39 is 0 Å². The number of hydrogen-bond donors (Lipinski definition) is 1. The van der Waals surface area contributed by atoms with Gasteiger partial charge in [0.05, 0.1) is 0 Å². The Kier molecular flexibility index (Phi) is 3.37. The van der Waals surface area contributed by atoms with E-state index in [4.69, 9.17) is 0 Å². The first-order chi connectivity index (χ1) is 7.29. The first-order valence-electron chi connectivity index (χ1n) is 5.92. The number of rotatable bonds is 3. The minimum atomic E-state index is 0.355. The summed E-state index contributed by atoms with van der Waals surface area (Å²) in [6, 6.07) is 4.13. The van der Waals surface area contributed by atoms with Crippen LogP contribution in [0.4, 0.5) is 0 Å². The molecule has 1 aromatic rings.